The fourth-order valence-electron chi connectivity index (χ4n) is 3.57. The van der Waals surface area contributed by atoms with Crippen molar-refractivity contribution in [1.82, 2.24) is 10.2 Å². The molecule has 0 radical (unpaired) electrons. The number of nitrogens with two attached hydrogens (primary N) is 2. The fourth-order valence-corrected chi connectivity index (χ4v) is 3.57. The molecule has 2 aromatic rings. The van der Waals surface area contributed by atoms with E-state index in [1.807, 2.05) is 31.1 Å². The molecule has 30 heavy (non-hydrogen) atoms. The van der Waals surface area contributed by atoms with Gasteiger partial charge in [-0.2, -0.15) is 0 Å². The molecule has 0 bridgehead atoms. The van der Waals surface area contributed by atoms with Crippen LogP contribution in [0.3, 0.4) is 0 Å². The van der Waals surface area contributed by atoms with Gasteiger partial charge in [-0.15, -0.1) is 0 Å². The highest BCUT2D eigenvalue weighted by atomic mass is 16.2. The number of benzene rings is 2. The van der Waals surface area contributed by atoms with Crippen molar-refractivity contribution in [3.8, 4) is 0 Å². The fraction of sp³-hybridized carbons (Fsp3) is 0.333. The molecule has 158 valence electrons. The van der Waals surface area contributed by atoms with Gasteiger partial charge in [-0.1, -0.05) is 12.1 Å². The first-order valence-corrected chi connectivity index (χ1v) is 9.63. The van der Waals surface area contributed by atoms with E-state index in [1.54, 1.807) is 18.2 Å². The van der Waals surface area contributed by atoms with Crippen molar-refractivity contribution >= 4 is 40.1 Å². The average Bonchev–Trinajstić information content (AvgIpc) is 2.71. The topological polar surface area (TPSA) is 139 Å². The Morgan fingerprint density at radius 2 is 1.77 bits per heavy atom. The van der Waals surface area contributed by atoms with Crippen molar-refractivity contribution in [1.29, 1.82) is 0 Å². The van der Waals surface area contributed by atoms with Crippen molar-refractivity contribution in [2.24, 2.45) is 11.5 Å². The third-order valence-electron chi connectivity index (χ3n) is 5.12. The number of primary amides is 1. The Labute approximate surface area is 174 Å². The second-order valence-corrected chi connectivity index (χ2v) is 7.42. The summed E-state index contributed by atoms with van der Waals surface area (Å²) in [5.41, 5.74) is 12.6. The lowest BCUT2D eigenvalue weighted by molar-refractivity contribution is -0.122. The highest BCUT2D eigenvalue weighted by Gasteiger charge is 2.33. The van der Waals surface area contributed by atoms with Crippen molar-refractivity contribution in [2.45, 2.75) is 18.9 Å². The molecule has 9 heteroatoms. The first kappa shape index (κ1) is 21.3. The molecule has 1 aliphatic heterocycles. The molecule has 3 rings (SSSR count). The number of nitrogens with one attached hydrogen (secondary N) is 1. The number of imide groups is 1. The zero-order valence-corrected chi connectivity index (χ0v) is 17.0. The quantitative estimate of drug-likeness (QED) is 0.531. The molecule has 0 aromatic heterocycles. The van der Waals surface area contributed by atoms with Crippen LogP contribution >= 0.6 is 0 Å². The van der Waals surface area contributed by atoms with E-state index >= 15 is 0 Å². The van der Waals surface area contributed by atoms with Crippen LogP contribution in [0.4, 0.5) is 5.69 Å². The highest BCUT2D eigenvalue weighted by Crippen LogP contribution is 2.35. The number of rotatable bonds is 8. The maximum atomic E-state index is 13.0. The van der Waals surface area contributed by atoms with Gasteiger partial charge in [-0.3, -0.25) is 24.1 Å². The van der Waals surface area contributed by atoms with Crippen LogP contribution in [0.1, 0.15) is 33.6 Å². The van der Waals surface area contributed by atoms with Gasteiger partial charge in [0.1, 0.15) is 0 Å². The first-order chi connectivity index (χ1) is 14.2. The van der Waals surface area contributed by atoms with E-state index in [-0.39, 0.29) is 25.9 Å². The Hall–Kier alpha value is -3.46. The predicted octanol–water partition coefficient (Wildman–Crippen LogP) is 0.211. The molecule has 0 saturated heterocycles. The predicted molar refractivity (Wildman–Crippen MR) is 113 cm³/mol. The van der Waals surface area contributed by atoms with Gasteiger partial charge < -0.3 is 21.7 Å². The van der Waals surface area contributed by atoms with Gasteiger partial charge in [0.15, 0.2) is 0 Å². The van der Waals surface area contributed by atoms with E-state index in [9.17, 15) is 19.2 Å². The summed E-state index contributed by atoms with van der Waals surface area (Å²) in [4.78, 5) is 51.9. The smallest absolute Gasteiger partial charge is 0.261 e. The zero-order chi connectivity index (χ0) is 22.0. The molecule has 0 fully saturated rings. The number of hydrogen-bond donors (Lipinski definition) is 3. The first-order valence-electron chi connectivity index (χ1n) is 9.63. The van der Waals surface area contributed by atoms with Gasteiger partial charge in [0.05, 0.1) is 6.04 Å². The van der Waals surface area contributed by atoms with Crippen molar-refractivity contribution in [3.63, 3.8) is 0 Å². The highest BCUT2D eigenvalue weighted by molar-refractivity contribution is 6.26. The molecule has 4 amide bonds. The van der Waals surface area contributed by atoms with E-state index < -0.39 is 29.7 Å². The molecular formula is C21H25N5O4. The summed E-state index contributed by atoms with van der Waals surface area (Å²) in [6.07, 6.45) is 0.139. The Bertz CT molecular complexity index is 1010. The number of carbonyl (C=O) groups is 4. The molecule has 1 aliphatic rings. The largest absolute Gasteiger partial charge is 0.377 e. The molecule has 9 nitrogen and oxygen atoms in total. The number of nitrogens with zero attached hydrogens (tertiary/aromatic N) is 2. The monoisotopic (exact) mass is 411 g/mol. The Morgan fingerprint density at radius 1 is 1.10 bits per heavy atom. The molecule has 1 heterocycles. The summed E-state index contributed by atoms with van der Waals surface area (Å²) in [7, 11) is 3.80. The minimum Gasteiger partial charge on any atom is -0.377 e. The lowest BCUT2D eigenvalue weighted by atomic mass is 9.93. The van der Waals surface area contributed by atoms with Gasteiger partial charge in [0.2, 0.25) is 11.8 Å². The van der Waals surface area contributed by atoms with Crippen LogP contribution in [0.2, 0.25) is 0 Å². The maximum Gasteiger partial charge on any atom is 0.261 e. The van der Waals surface area contributed by atoms with Gasteiger partial charge in [0, 0.05) is 61.2 Å². The summed E-state index contributed by atoms with van der Waals surface area (Å²) in [6.45, 7) is 0.0683. The molecule has 1 atom stereocenters. The molecule has 2 aromatic carbocycles. The Kier molecular flexibility index (Phi) is 6.02. The number of anilines is 1. The third kappa shape index (κ3) is 3.97. The summed E-state index contributed by atoms with van der Waals surface area (Å²) < 4.78 is 0. The van der Waals surface area contributed by atoms with Crippen LogP contribution in [0, 0.1) is 0 Å². The van der Waals surface area contributed by atoms with E-state index in [1.165, 1.54) is 0 Å². The zero-order valence-electron chi connectivity index (χ0n) is 17.0. The van der Waals surface area contributed by atoms with Crippen LogP contribution in [0.5, 0.6) is 0 Å². The average molecular weight is 411 g/mol. The van der Waals surface area contributed by atoms with E-state index in [0.717, 1.165) is 16.0 Å². The summed E-state index contributed by atoms with van der Waals surface area (Å²) in [5, 5.41) is 4.08. The van der Waals surface area contributed by atoms with E-state index in [2.05, 4.69) is 5.32 Å². The summed E-state index contributed by atoms with van der Waals surface area (Å²) in [5.74, 6) is -1.80. The van der Waals surface area contributed by atoms with Crippen molar-refractivity contribution < 1.29 is 19.2 Å². The van der Waals surface area contributed by atoms with Crippen LogP contribution in [-0.2, 0) is 9.59 Å². The Morgan fingerprint density at radius 3 is 2.40 bits per heavy atom. The molecule has 0 aliphatic carbocycles. The summed E-state index contributed by atoms with van der Waals surface area (Å²) >= 11 is 0. The summed E-state index contributed by atoms with van der Waals surface area (Å²) in [6, 6.07) is 8.07. The van der Waals surface area contributed by atoms with Crippen LogP contribution in [0.25, 0.3) is 10.8 Å². The minimum absolute atomic E-state index is 0.00735. The van der Waals surface area contributed by atoms with Gasteiger partial charge in [0.25, 0.3) is 11.8 Å². The standard InChI is InChI=1S/C21H25N5O4/c1-25(2)16-8-6-14-18-12(16)4-3-5-13(18)20(29)26(21(14)30)11-10-24-19(28)15(22)7-9-17(23)27/h3-6,8,15H,7,9-11,22H2,1-2H3,(H2,23,27)(H,24,28)/t15-/m0/s1. The molecule has 0 spiro atoms. The normalized spacial score (nSPS) is 14.0. The third-order valence-corrected chi connectivity index (χ3v) is 5.12. The van der Waals surface area contributed by atoms with Crippen molar-refractivity contribution in [2.75, 3.05) is 32.1 Å². The second-order valence-electron chi connectivity index (χ2n) is 7.42. The van der Waals surface area contributed by atoms with E-state index in [0.29, 0.717) is 16.5 Å². The van der Waals surface area contributed by atoms with Crippen LogP contribution < -0.4 is 21.7 Å². The van der Waals surface area contributed by atoms with Crippen LogP contribution in [-0.4, -0.2) is 61.8 Å². The SMILES string of the molecule is CN(C)c1ccc2c3c(cccc13)C(=O)N(CCNC(=O)[C@@H](N)CCC(N)=O)C2=O. The molecular weight excluding hydrogens is 386 g/mol. The van der Waals surface area contributed by atoms with E-state index in [4.69, 9.17) is 11.5 Å². The van der Waals surface area contributed by atoms with Gasteiger partial charge >= 0.3 is 0 Å². The maximum absolute atomic E-state index is 13.0. The lowest BCUT2D eigenvalue weighted by Gasteiger charge is -2.28. The molecule has 0 unspecified atom stereocenters. The van der Waals surface area contributed by atoms with Crippen molar-refractivity contribution in [3.05, 3.63) is 41.5 Å². The number of amides is 4. The van der Waals surface area contributed by atoms with Gasteiger partial charge in [-0.25, -0.2) is 0 Å². The van der Waals surface area contributed by atoms with Gasteiger partial charge in [-0.05, 0) is 24.6 Å². The Balaban J connectivity index is 1.75. The number of carbonyl (C=O) groups excluding carboxylic acids is 4. The number of hydrogen-bond acceptors (Lipinski definition) is 6. The molecule has 5 N–H and O–H groups in total. The van der Waals surface area contributed by atoms with Crippen LogP contribution in [0.15, 0.2) is 30.3 Å². The molecule has 0 saturated carbocycles. The second kappa shape index (κ2) is 8.50. The lowest BCUT2D eigenvalue weighted by Crippen LogP contribution is -2.47. The minimum atomic E-state index is -0.885.